The van der Waals surface area contributed by atoms with Gasteiger partial charge in [0.15, 0.2) is 0 Å². The van der Waals surface area contributed by atoms with Crippen molar-refractivity contribution in [2.24, 2.45) is 0 Å². The lowest BCUT2D eigenvalue weighted by molar-refractivity contribution is -0.171. The smallest absolute Gasteiger partial charge is 0.456 e. The number of piperazine rings is 1. The molecule has 1 aromatic rings. The molecule has 0 radical (unpaired) electrons. The lowest BCUT2D eigenvalue weighted by atomic mass is 10.0. The molecule has 11 heteroatoms. The number of halogens is 3. The van der Waals surface area contributed by atoms with Crippen LogP contribution in [0.4, 0.5) is 24.5 Å². The second-order valence-electron chi connectivity index (χ2n) is 9.71. The fourth-order valence-corrected chi connectivity index (χ4v) is 4.25. The highest BCUT2D eigenvalue weighted by atomic mass is 19.4. The van der Waals surface area contributed by atoms with Crippen molar-refractivity contribution in [2.45, 2.75) is 58.4 Å². The maximum Gasteiger partial charge on any atom is 0.471 e. The summed E-state index contributed by atoms with van der Waals surface area (Å²) in [5, 5.41) is 0. The van der Waals surface area contributed by atoms with E-state index in [-0.39, 0.29) is 43.2 Å². The second kappa shape index (κ2) is 10.4. The van der Waals surface area contributed by atoms with Crippen LogP contribution in [0.1, 0.15) is 50.9 Å². The molecule has 2 fully saturated rings. The number of esters is 1. The van der Waals surface area contributed by atoms with Gasteiger partial charge in [-0.05, 0) is 51.8 Å². The van der Waals surface area contributed by atoms with Gasteiger partial charge in [-0.3, -0.25) is 9.59 Å². The number of nitrogens with zero attached hydrogens (tertiary/aromatic N) is 3. The predicted octanol–water partition coefficient (Wildman–Crippen LogP) is 3.38. The van der Waals surface area contributed by atoms with Crippen LogP contribution < -0.4 is 9.80 Å². The first-order chi connectivity index (χ1) is 16.3. The number of alkyl halides is 3. The summed E-state index contributed by atoms with van der Waals surface area (Å²) in [6.07, 6.45) is -4.72. The Morgan fingerprint density at radius 1 is 1.03 bits per heavy atom. The van der Waals surface area contributed by atoms with E-state index in [0.717, 1.165) is 0 Å². The Bertz CT molecular complexity index is 947. The van der Waals surface area contributed by atoms with Gasteiger partial charge in [0.2, 0.25) is 5.91 Å². The summed E-state index contributed by atoms with van der Waals surface area (Å²) in [6.45, 7) is 8.73. The van der Waals surface area contributed by atoms with E-state index >= 15 is 0 Å². The third-order valence-electron chi connectivity index (χ3n) is 5.97. The summed E-state index contributed by atoms with van der Waals surface area (Å²) >= 11 is 0. The molecule has 0 saturated carbocycles. The molecule has 3 rings (SSSR count). The third-order valence-corrected chi connectivity index (χ3v) is 5.97. The molecule has 2 aliphatic rings. The first-order valence-corrected chi connectivity index (χ1v) is 11.6. The topological polar surface area (TPSA) is 79.4 Å². The highest BCUT2D eigenvalue weighted by Gasteiger charge is 2.46. The van der Waals surface area contributed by atoms with Crippen molar-refractivity contribution in [3.8, 4) is 0 Å². The van der Waals surface area contributed by atoms with Crippen molar-refractivity contribution >= 4 is 29.2 Å². The normalized spacial score (nSPS) is 17.8. The molecule has 194 valence electrons. The molecule has 0 bridgehead atoms. The van der Waals surface area contributed by atoms with Gasteiger partial charge in [-0.15, -0.1) is 0 Å². The summed E-state index contributed by atoms with van der Waals surface area (Å²) in [5.41, 5.74) is -0.578. The molecule has 2 saturated heterocycles. The van der Waals surface area contributed by atoms with Gasteiger partial charge in [0.05, 0.1) is 11.3 Å². The summed E-state index contributed by atoms with van der Waals surface area (Å²) in [5.74, 6) is -2.90. The van der Waals surface area contributed by atoms with Crippen LogP contribution in [-0.2, 0) is 19.1 Å². The summed E-state index contributed by atoms with van der Waals surface area (Å²) in [4.78, 5) is 41.7. The fourth-order valence-electron chi connectivity index (χ4n) is 4.25. The summed E-state index contributed by atoms with van der Waals surface area (Å²) < 4.78 is 51.9. The molecule has 0 atom stereocenters. The van der Waals surface area contributed by atoms with Crippen LogP contribution in [-0.4, -0.2) is 79.9 Å². The highest BCUT2D eigenvalue weighted by Crippen LogP contribution is 2.35. The van der Waals surface area contributed by atoms with Crippen LogP contribution in [0, 0.1) is 0 Å². The quantitative estimate of drug-likeness (QED) is 0.591. The van der Waals surface area contributed by atoms with Crippen molar-refractivity contribution in [1.29, 1.82) is 0 Å². The number of benzene rings is 1. The molecule has 0 aliphatic carbocycles. The van der Waals surface area contributed by atoms with Crippen LogP contribution >= 0.6 is 0 Å². The lowest BCUT2D eigenvalue weighted by Crippen LogP contribution is -2.50. The van der Waals surface area contributed by atoms with Gasteiger partial charge in [-0.1, -0.05) is 0 Å². The van der Waals surface area contributed by atoms with Crippen molar-refractivity contribution in [3.63, 3.8) is 0 Å². The Balaban J connectivity index is 2.07. The molecule has 35 heavy (non-hydrogen) atoms. The predicted molar refractivity (Wildman–Crippen MR) is 123 cm³/mol. The second-order valence-corrected chi connectivity index (χ2v) is 9.71. The number of carbonyl (C=O) groups is 3. The van der Waals surface area contributed by atoms with Crippen molar-refractivity contribution in [1.82, 2.24) is 4.90 Å². The number of carbonyl (C=O) groups excluding carboxylic acids is 3. The fraction of sp³-hybridized carbons (Fsp3) is 0.625. The van der Waals surface area contributed by atoms with E-state index in [1.807, 2.05) is 4.90 Å². The lowest BCUT2D eigenvalue weighted by Gasteiger charge is -2.38. The Hall–Kier alpha value is -2.82. The average Bonchev–Trinajstić information content (AvgIpc) is 2.78. The largest absolute Gasteiger partial charge is 0.471 e. The van der Waals surface area contributed by atoms with Crippen LogP contribution in [0.5, 0.6) is 0 Å². The monoisotopic (exact) mass is 499 g/mol. The van der Waals surface area contributed by atoms with Crippen LogP contribution in [0.25, 0.3) is 0 Å². The zero-order valence-electron chi connectivity index (χ0n) is 20.5. The first kappa shape index (κ1) is 26.8. The van der Waals surface area contributed by atoms with Crippen LogP contribution in [0.2, 0.25) is 0 Å². The van der Waals surface area contributed by atoms with Gasteiger partial charge in [-0.25, -0.2) is 4.79 Å². The molecule has 0 unspecified atom stereocenters. The molecule has 2 aliphatic heterocycles. The highest BCUT2D eigenvalue weighted by molar-refractivity contribution is 6.05. The van der Waals surface area contributed by atoms with Crippen LogP contribution in [0.15, 0.2) is 18.2 Å². The van der Waals surface area contributed by atoms with Gasteiger partial charge in [0.1, 0.15) is 5.60 Å². The summed E-state index contributed by atoms with van der Waals surface area (Å²) in [7, 11) is 0. The number of hydrogen-bond acceptors (Lipinski definition) is 6. The standard InChI is InChI=1S/C24H32F3N3O5/c1-16(31)28-9-11-29(12-10-28)18-5-6-19(21(32)35-23(2,3)4)20(15-18)30(22(33)24(25,26)27)17-7-13-34-14-8-17/h5-6,15,17H,7-14H2,1-4H3. The maximum absolute atomic E-state index is 13.7. The number of amides is 2. The van der Waals surface area contributed by atoms with E-state index in [1.165, 1.54) is 19.1 Å². The number of anilines is 2. The van der Waals surface area contributed by atoms with E-state index < -0.39 is 29.7 Å². The number of rotatable bonds is 4. The van der Waals surface area contributed by atoms with Gasteiger partial charge >= 0.3 is 18.1 Å². The summed E-state index contributed by atoms with van der Waals surface area (Å²) in [6, 6.07) is 3.70. The zero-order valence-corrected chi connectivity index (χ0v) is 20.5. The molecular formula is C24H32F3N3O5. The maximum atomic E-state index is 13.7. The van der Waals surface area contributed by atoms with Crippen molar-refractivity contribution < 1.29 is 37.0 Å². The van der Waals surface area contributed by atoms with Crippen molar-refractivity contribution in [3.05, 3.63) is 23.8 Å². The molecule has 0 N–H and O–H groups in total. The van der Waals surface area contributed by atoms with Crippen molar-refractivity contribution in [2.75, 3.05) is 49.2 Å². The Kier molecular flexibility index (Phi) is 7.98. The Morgan fingerprint density at radius 3 is 2.14 bits per heavy atom. The van der Waals surface area contributed by atoms with Crippen LogP contribution in [0.3, 0.4) is 0 Å². The Morgan fingerprint density at radius 2 is 1.63 bits per heavy atom. The minimum Gasteiger partial charge on any atom is -0.456 e. The minimum atomic E-state index is -5.13. The average molecular weight is 500 g/mol. The van der Waals surface area contributed by atoms with Gasteiger partial charge in [0, 0.05) is 58.0 Å². The Labute approximate surface area is 202 Å². The number of ether oxygens (including phenoxy) is 2. The van der Waals surface area contributed by atoms with Gasteiger partial charge in [-0.2, -0.15) is 13.2 Å². The van der Waals surface area contributed by atoms with E-state index in [9.17, 15) is 27.6 Å². The molecular weight excluding hydrogens is 467 g/mol. The van der Waals surface area contributed by atoms with E-state index in [1.54, 1.807) is 31.7 Å². The van der Waals surface area contributed by atoms with Gasteiger partial charge < -0.3 is 24.2 Å². The van der Waals surface area contributed by atoms with E-state index in [0.29, 0.717) is 36.8 Å². The minimum absolute atomic E-state index is 0.0490. The van der Waals surface area contributed by atoms with E-state index in [4.69, 9.17) is 9.47 Å². The molecule has 8 nitrogen and oxygen atoms in total. The third kappa shape index (κ3) is 6.65. The van der Waals surface area contributed by atoms with E-state index in [2.05, 4.69) is 0 Å². The van der Waals surface area contributed by atoms with Gasteiger partial charge in [0.25, 0.3) is 0 Å². The molecule has 1 aromatic carbocycles. The molecule has 2 amide bonds. The zero-order chi connectivity index (χ0) is 26.0. The molecule has 0 spiro atoms. The first-order valence-electron chi connectivity index (χ1n) is 11.6. The molecule has 2 heterocycles. The number of hydrogen-bond donors (Lipinski definition) is 0. The molecule has 0 aromatic heterocycles. The SMILES string of the molecule is CC(=O)N1CCN(c2ccc(C(=O)OC(C)(C)C)c(N(C(=O)C(F)(F)F)C3CCOCC3)c2)CC1.